The van der Waals surface area contributed by atoms with Crippen molar-refractivity contribution in [1.29, 1.82) is 0 Å². The summed E-state index contributed by atoms with van der Waals surface area (Å²) in [6.45, 7) is 5.02. The Labute approximate surface area is 254 Å². The van der Waals surface area contributed by atoms with Crippen LogP contribution in [0.5, 0.6) is 11.6 Å². The minimum absolute atomic E-state index is 0.0344. The van der Waals surface area contributed by atoms with E-state index in [1.165, 1.54) is 12.1 Å². The second-order valence-corrected chi connectivity index (χ2v) is 11.6. The number of fused-ring (bicyclic) bond motifs is 1. The summed E-state index contributed by atoms with van der Waals surface area (Å²) in [4.78, 5) is 21.1. The molecule has 44 heavy (non-hydrogen) atoms. The molecule has 1 aliphatic rings. The number of hydrogen-bond acceptors (Lipinski definition) is 5. The minimum Gasteiger partial charge on any atom is -0.496 e. The first-order chi connectivity index (χ1) is 21.2. The predicted molar refractivity (Wildman–Crippen MR) is 165 cm³/mol. The molecular formula is C35H34F2N4O3. The van der Waals surface area contributed by atoms with Crippen LogP contribution in [0.4, 0.5) is 8.78 Å². The third-order valence-corrected chi connectivity index (χ3v) is 8.61. The first-order valence-corrected chi connectivity index (χ1v) is 14.7. The molecule has 3 aromatic carbocycles. The van der Waals surface area contributed by atoms with Gasteiger partial charge >= 0.3 is 0 Å². The SMILES string of the molecule is CCC1(Cn2c(Cc3cc(F)c(-c4cccc(OCc5ccc(C)cc5OC)n4)cc3F)nc3ccc(C(N)=O)cc32)CC1. The molecule has 0 saturated heterocycles. The molecule has 0 aliphatic heterocycles. The number of pyridine rings is 1. The highest BCUT2D eigenvalue weighted by Gasteiger charge is 2.41. The van der Waals surface area contributed by atoms with Gasteiger partial charge in [0.1, 0.15) is 29.8 Å². The number of primary amides is 1. The number of carbonyl (C=O) groups is 1. The Morgan fingerprint density at radius 1 is 1.00 bits per heavy atom. The van der Waals surface area contributed by atoms with Crippen LogP contribution in [-0.2, 0) is 19.6 Å². The average molecular weight is 597 g/mol. The van der Waals surface area contributed by atoms with Crippen molar-refractivity contribution in [3.63, 3.8) is 0 Å². The minimum atomic E-state index is -0.600. The van der Waals surface area contributed by atoms with E-state index in [4.69, 9.17) is 20.2 Å². The average Bonchev–Trinajstić information content (AvgIpc) is 3.72. The van der Waals surface area contributed by atoms with Gasteiger partial charge in [-0.2, -0.15) is 0 Å². The number of methoxy groups -OCH3 is 1. The summed E-state index contributed by atoms with van der Waals surface area (Å²) >= 11 is 0. The maximum absolute atomic E-state index is 15.6. The Bertz CT molecular complexity index is 1880. The number of rotatable bonds is 11. The topological polar surface area (TPSA) is 92.3 Å². The molecule has 2 heterocycles. The number of ether oxygens (including phenoxy) is 2. The smallest absolute Gasteiger partial charge is 0.248 e. The van der Waals surface area contributed by atoms with Crippen LogP contribution < -0.4 is 15.2 Å². The molecule has 1 aliphatic carbocycles. The van der Waals surface area contributed by atoms with Crippen LogP contribution in [0.1, 0.15) is 59.1 Å². The molecule has 1 fully saturated rings. The first kappa shape index (κ1) is 29.3. The van der Waals surface area contributed by atoms with E-state index in [0.717, 1.165) is 35.9 Å². The van der Waals surface area contributed by atoms with Crippen molar-refractivity contribution >= 4 is 16.9 Å². The fourth-order valence-corrected chi connectivity index (χ4v) is 5.63. The van der Waals surface area contributed by atoms with Gasteiger partial charge in [0, 0.05) is 35.7 Å². The number of hydrogen-bond donors (Lipinski definition) is 1. The fraction of sp³-hybridized carbons (Fsp3) is 0.286. The molecule has 0 spiro atoms. The molecule has 1 saturated carbocycles. The van der Waals surface area contributed by atoms with E-state index in [9.17, 15) is 4.79 Å². The molecule has 6 rings (SSSR count). The normalized spacial score (nSPS) is 13.7. The molecule has 0 radical (unpaired) electrons. The molecular weight excluding hydrogens is 562 g/mol. The Hall–Kier alpha value is -4.79. The lowest BCUT2D eigenvalue weighted by atomic mass is 10.0. The van der Waals surface area contributed by atoms with Gasteiger partial charge in [0.2, 0.25) is 11.8 Å². The summed E-state index contributed by atoms with van der Waals surface area (Å²) in [7, 11) is 1.60. The summed E-state index contributed by atoms with van der Waals surface area (Å²) in [6.07, 6.45) is 3.25. The van der Waals surface area contributed by atoms with E-state index in [2.05, 4.69) is 11.9 Å². The lowest BCUT2D eigenvalue weighted by Crippen LogP contribution is -2.15. The standard InChI is InChI=1S/C35H34F2N4O3/c1-4-35(12-13-35)20-41-30-16-22(34(38)42)10-11-29(30)39-32(41)17-24-15-27(37)25(18-26(24)36)28-6-5-7-33(40-28)44-19-23-9-8-21(2)14-31(23)43-3/h5-11,14-16,18H,4,12-13,17,19-20H2,1-3H3,(H2,38,42). The highest BCUT2D eigenvalue weighted by Crippen LogP contribution is 2.50. The number of carbonyl (C=O) groups excluding carboxylic acids is 1. The molecule has 9 heteroatoms. The van der Waals surface area contributed by atoms with Gasteiger partial charge < -0.3 is 19.8 Å². The zero-order chi connectivity index (χ0) is 31.0. The van der Waals surface area contributed by atoms with Crippen molar-refractivity contribution in [3.05, 3.63) is 106 Å². The number of nitrogens with two attached hydrogens (primary N) is 1. The number of benzene rings is 3. The maximum Gasteiger partial charge on any atom is 0.248 e. The van der Waals surface area contributed by atoms with Crippen LogP contribution >= 0.6 is 0 Å². The quantitative estimate of drug-likeness (QED) is 0.175. The highest BCUT2D eigenvalue weighted by atomic mass is 19.1. The van der Waals surface area contributed by atoms with E-state index in [1.54, 1.807) is 43.5 Å². The summed E-state index contributed by atoms with van der Waals surface area (Å²) in [5, 5.41) is 0. The molecule has 7 nitrogen and oxygen atoms in total. The fourth-order valence-electron chi connectivity index (χ4n) is 5.63. The van der Waals surface area contributed by atoms with E-state index < -0.39 is 17.5 Å². The number of nitrogens with zero attached hydrogens (tertiary/aromatic N) is 3. The number of aryl methyl sites for hydroxylation is 1. The van der Waals surface area contributed by atoms with Gasteiger partial charge in [-0.3, -0.25) is 4.79 Å². The third-order valence-electron chi connectivity index (χ3n) is 8.61. The van der Waals surface area contributed by atoms with Gasteiger partial charge in [-0.15, -0.1) is 0 Å². The molecule has 1 amide bonds. The van der Waals surface area contributed by atoms with Crippen molar-refractivity contribution in [1.82, 2.24) is 14.5 Å². The van der Waals surface area contributed by atoms with Crippen molar-refractivity contribution in [2.45, 2.75) is 52.7 Å². The van der Waals surface area contributed by atoms with Crippen LogP contribution in [0, 0.1) is 24.0 Å². The predicted octanol–water partition coefficient (Wildman–Crippen LogP) is 7.15. The molecule has 2 aromatic heterocycles. The molecule has 0 bridgehead atoms. The van der Waals surface area contributed by atoms with Crippen LogP contribution in [0.2, 0.25) is 0 Å². The first-order valence-electron chi connectivity index (χ1n) is 14.7. The van der Waals surface area contributed by atoms with Crippen LogP contribution in [-0.4, -0.2) is 27.6 Å². The lowest BCUT2D eigenvalue weighted by molar-refractivity contribution is 0.100. The van der Waals surface area contributed by atoms with Crippen molar-refractivity contribution in [2.75, 3.05) is 7.11 Å². The summed E-state index contributed by atoms with van der Waals surface area (Å²) in [5.74, 6) is -0.104. The number of imidazole rings is 1. The van der Waals surface area contributed by atoms with Crippen LogP contribution in [0.3, 0.4) is 0 Å². The van der Waals surface area contributed by atoms with E-state index in [-0.39, 0.29) is 41.1 Å². The zero-order valence-corrected chi connectivity index (χ0v) is 25.0. The Balaban J connectivity index is 1.28. The Morgan fingerprint density at radius 3 is 2.55 bits per heavy atom. The Morgan fingerprint density at radius 2 is 1.82 bits per heavy atom. The van der Waals surface area contributed by atoms with Gasteiger partial charge in [0.25, 0.3) is 0 Å². The van der Waals surface area contributed by atoms with Gasteiger partial charge in [0.05, 0.1) is 23.8 Å². The van der Waals surface area contributed by atoms with E-state index in [1.807, 2.05) is 29.7 Å². The third kappa shape index (κ3) is 5.86. The lowest BCUT2D eigenvalue weighted by Gasteiger charge is -2.17. The van der Waals surface area contributed by atoms with E-state index >= 15 is 8.78 Å². The molecule has 0 atom stereocenters. The monoisotopic (exact) mass is 596 g/mol. The second-order valence-electron chi connectivity index (χ2n) is 11.6. The number of amides is 1. The summed E-state index contributed by atoms with van der Waals surface area (Å²) in [5.41, 5.74) is 9.88. The van der Waals surface area contributed by atoms with Crippen LogP contribution in [0.15, 0.2) is 66.7 Å². The largest absolute Gasteiger partial charge is 0.496 e. The van der Waals surface area contributed by atoms with Crippen LogP contribution in [0.25, 0.3) is 22.3 Å². The summed E-state index contributed by atoms with van der Waals surface area (Å²) < 4.78 is 44.6. The summed E-state index contributed by atoms with van der Waals surface area (Å²) in [6, 6.07) is 18.3. The van der Waals surface area contributed by atoms with Gasteiger partial charge in [-0.1, -0.05) is 25.1 Å². The van der Waals surface area contributed by atoms with Crippen molar-refractivity contribution < 1.29 is 23.0 Å². The molecule has 2 N–H and O–H groups in total. The van der Waals surface area contributed by atoms with Gasteiger partial charge in [-0.25, -0.2) is 18.7 Å². The van der Waals surface area contributed by atoms with Crippen molar-refractivity contribution in [2.24, 2.45) is 11.1 Å². The Kier molecular flexibility index (Phi) is 7.80. The number of aromatic nitrogens is 3. The van der Waals surface area contributed by atoms with E-state index in [0.29, 0.717) is 29.2 Å². The van der Waals surface area contributed by atoms with Gasteiger partial charge in [0.15, 0.2) is 0 Å². The number of halogens is 2. The van der Waals surface area contributed by atoms with Gasteiger partial charge in [-0.05, 0) is 85.2 Å². The van der Waals surface area contributed by atoms with Crippen molar-refractivity contribution in [3.8, 4) is 22.9 Å². The second kappa shape index (κ2) is 11.7. The highest BCUT2D eigenvalue weighted by molar-refractivity contribution is 5.96. The molecule has 5 aromatic rings. The zero-order valence-electron chi connectivity index (χ0n) is 25.0. The molecule has 0 unspecified atom stereocenters. The maximum atomic E-state index is 15.6. The molecule has 226 valence electrons.